The second-order valence-electron chi connectivity index (χ2n) is 6.08. The van der Waals surface area contributed by atoms with Crippen LogP contribution in [0.1, 0.15) is 36.0 Å². The normalized spacial score (nSPS) is 19.6. The van der Waals surface area contributed by atoms with Gasteiger partial charge in [0, 0.05) is 18.2 Å². The fourth-order valence-electron chi connectivity index (χ4n) is 2.91. The van der Waals surface area contributed by atoms with Gasteiger partial charge in [-0.3, -0.25) is 19.6 Å². The summed E-state index contributed by atoms with van der Waals surface area (Å²) in [6, 6.07) is 2.37. The fraction of sp³-hybridized carbons (Fsp3) is 0.412. The Labute approximate surface area is 149 Å². The van der Waals surface area contributed by atoms with Crippen molar-refractivity contribution in [1.29, 1.82) is 0 Å². The summed E-state index contributed by atoms with van der Waals surface area (Å²) >= 11 is 0. The van der Waals surface area contributed by atoms with Gasteiger partial charge in [-0.25, -0.2) is 0 Å². The molecule has 0 bridgehead atoms. The van der Waals surface area contributed by atoms with Crippen molar-refractivity contribution in [2.45, 2.75) is 37.8 Å². The molecule has 0 spiro atoms. The molecule has 2 heterocycles. The maximum atomic E-state index is 12.2. The number of carbonyl (C=O) groups excluding carboxylic acids is 1. The smallest absolute Gasteiger partial charge is 0.251 e. The van der Waals surface area contributed by atoms with Crippen LogP contribution in [0.5, 0.6) is 17.6 Å². The predicted molar refractivity (Wildman–Crippen MR) is 91.4 cm³/mol. The van der Waals surface area contributed by atoms with Crippen LogP contribution >= 0.6 is 0 Å². The third-order valence-electron chi connectivity index (χ3n) is 4.19. The average molecular weight is 360 g/mol. The second-order valence-corrected chi connectivity index (χ2v) is 6.08. The first kappa shape index (κ1) is 17.7. The monoisotopic (exact) mass is 360 g/mol. The highest BCUT2D eigenvalue weighted by Gasteiger charge is 2.24. The lowest BCUT2D eigenvalue weighted by Gasteiger charge is -2.29. The Hall–Kier alpha value is -3.10. The molecule has 2 aromatic heterocycles. The summed E-state index contributed by atoms with van der Waals surface area (Å²) in [5.41, 5.74) is -0.386. The van der Waals surface area contributed by atoms with Crippen LogP contribution in [0.25, 0.3) is 0 Å². The van der Waals surface area contributed by atoms with Crippen LogP contribution in [0.3, 0.4) is 0 Å². The highest BCUT2D eigenvalue weighted by Crippen LogP contribution is 2.23. The van der Waals surface area contributed by atoms with E-state index in [2.05, 4.69) is 20.3 Å². The number of ether oxygens (including phenoxy) is 2. The van der Waals surface area contributed by atoms with E-state index in [0.29, 0.717) is 11.8 Å². The molecule has 9 heteroatoms. The van der Waals surface area contributed by atoms with Crippen molar-refractivity contribution in [3.05, 3.63) is 40.4 Å². The van der Waals surface area contributed by atoms with Gasteiger partial charge in [-0.05, 0) is 25.7 Å². The van der Waals surface area contributed by atoms with Crippen LogP contribution in [-0.2, 0) is 0 Å². The van der Waals surface area contributed by atoms with Crippen LogP contribution in [-0.4, -0.2) is 45.2 Å². The number of nitrogens with one attached hydrogen (secondary N) is 2. The van der Waals surface area contributed by atoms with Crippen molar-refractivity contribution in [3.63, 3.8) is 0 Å². The first-order valence-corrected chi connectivity index (χ1v) is 8.30. The molecular weight excluding hydrogens is 340 g/mol. The van der Waals surface area contributed by atoms with E-state index < -0.39 is 5.56 Å². The molecule has 3 rings (SSSR count). The first-order valence-electron chi connectivity index (χ1n) is 8.30. The zero-order valence-electron chi connectivity index (χ0n) is 14.3. The van der Waals surface area contributed by atoms with E-state index in [4.69, 9.17) is 9.47 Å². The molecule has 26 heavy (non-hydrogen) atoms. The van der Waals surface area contributed by atoms with Gasteiger partial charge in [0.25, 0.3) is 11.5 Å². The summed E-state index contributed by atoms with van der Waals surface area (Å²) in [5, 5.41) is 12.3. The van der Waals surface area contributed by atoms with E-state index in [-0.39, 0.29) is 29.5 Å². The van der Waals surface area contributed by atoms with Crippen molar-refractivity contribution in [2.24, 2.45) is 0 Å². The van der Waals surface area contributed by atoms with E-state index in [9.17, 15) is 14.7 Å². The number of aromatic amines is 1. The Kier molecular flexibility index (Phi) is 5.35. The van der Waals surface area contributed by atoms with E-state index in [1.165, 1.54) is 25.6 Å². The molecular formula is C17H20N4O5. The standard InChI is InChI=1S/C17H20N4O5/c1-25-15-8-18-9-16(21-15)26-12-4-2-11(3-5-12)19-17(24)10-6-13(22)20-14(23)7-10/h6-9,11-12H,2-5H2,1H3,(H,19,24)(H2,20,22,23). The number of carbonyl (C=O) groups is 1. The molecule has 3 N–H and O–H groups in total. The van der Waals surface area contributed by atoms with E-state index in [0.717, 1.165) is 31.7 Å². The minimum Gasteiger partial charge on any atom is -0.494 e. The Balaban J connectivity index is 1.51. The van der Waals surface area contributed by atoms with Crippen LogP contribution in [0.2, 0.25) is 0 Å². The maximum Gasteiger partial charge on any atom is 0.251 e. The Morgan fingerprint density at radius 1 is 1.23 bits per heavy atom. The summed E-state index contributed by atoms with van der Waals surface area (Å²) in [6.07, 6.45) is 6.02. The molecule has 1 saturated carbocycles. The Morgan fingerprint density at radius 3 is 2.65 bits per heavy atom. The number of nitrogens with zero attached hydrogens (tertiary/aromatic N) is 2. The van der Waals surface area contributed by atoms with Crippen molar-refractivity contribution in [3.8, 4) is 17.6 Å². The summed E-state index contributed by atoms with van der Waals surface area (Å²) in [4.78, 5) is 33.9. The Bertz CT molecular complexity index is 830. The SMILES string of the molecule is COc1cncc(OC2CCC(NC(=O)c3cc(O)[nH]c(=O)c3)CC2)n1. The van der Waals surface area contributed by atoms with Crippen LogP contribution < -0.4 is 20.3 Å². The molecule has 0 saturated heterocycles. The Morgan fingerprint density at radius 2 is 1.96 bits per heavy atom. The third-order valence-corrected chi connectivity index (χ3v) is 4.19. The minimum atomic E-state index is -0.522. The highest BCUT2D eigenvalue weighted by atomic mass is 16.5. The number of methoxy groups -OCH3 is 1. The predicted octanol–water partition coefficient (Wildman–Crippen LogP) is 0.999. The molecule has 0 aromatic carbocycles. The fourth-order valence-corrected chi connectivity index (χ4v) is 2.91. The summed E-state index contributed by atoms with van der Waals surface area (Å²) in [6.45, 7) is 0. The van der Waals surface area contributed by atoms with Crippen molar-refractivity contribution < 1.29 is 19.4 Å². The van der Waals surface area contributed by atoms with Crippen molar-refractivity contribution >= 4 is 5.91 Å². The number of H-pyrrole nitrogens is 1. The number of amides is 1. The molecule has 1 aliphatic rings. The zero-order chi connectivity index (χ0) is 18.5. The molecule has 1 fully saturated rings. The minimum absolute atomic E-state index is 0.00632. The van der Waals surface area contributed by atoms with Gasteiger partial charge in [-0.1, -0.05) is 0 Å². The average Bonchev–Trinajstić information content (AvgIpc) is 2.62. The maximum absolute atomic E-state index is 12.2. The number of aromatic hydroxyl groups is 1. The topological polar surface area (TPSA) is 126 Å². The van der Waals surface area contributed by atoms with Gasteiger partial charge >= 0.3 is 0 Å². The lowest BCUT2D eigenvalue weighted by atomic mass is 9.92. The van der Waals surface area contributed by atoms with E-state index in [1.54, 1.807) is 0 Å². The van der Waals surface area contributed by atoms with Gasteiger partial charge in [0.05, 0.1) is 25.1 Å². The molecule has 0 atom stereocenters. The lowest BCUT2D eigenvalue weighted by Crippen LogP contribution is -2.40. The summed E-state index contributed by atoms with van der Waals surface area (Å²) in [7, 11) is 1.52. The van der Waals surface area contributed by atoms with Crippen molar-refractivity contribution in [1.82, 2.24) is 20.3 Å². The van der Waals surface area contributed by atoms with Crippen LogP contribution in [0.4, 0.5) is 0 Å². The molecule has 138 valence electrons. The van der Waals surface area contributed by atoms with Gasteiger partial charge in [0.2, 0.25) is 11.8 Å². The second kappa shape index (κ2) is 7.85. The number of hydrogen-bond acceptors (Lipinski definition) is 7. The van der Waals surface area contributed by atoms with Gasteiger partial charge < -0.3 is 19.9 Å². The largest absolute Gasteiger partial charge is 0.494 e. The van der Waals surface area contributed by atoms with E-state index >= 15 is 0 Å². The first-order chi connectivity index (χ1) is 12.5. The molecule has 0 radical (unpaired) electrons. The van der Waals surface area contributed by atoms with E-state index in [1.807, 2.05) is 0 Å². The third kappa shape index (κ3) is 4.50. The van der Waals surface area contributed by atoms with Gasteiger partial charge in [0.1, 0.15) is 6.10 Å². The quantitative estimate of drug-likeness (QED) is 0.726. The van der Waals surface area contributed by atoms with Crippen LogP contribution in [0, 0.1) is 0 Å². The molecule has 2 aromatic rings. The van der Waals surface area contributed by atoms with Crippen LogP contribution in [0.15, 0.2) is 29.3 Å². The number of aromatic nitrogens is 3. The summed E-state index contributed by atoms with van der Waals surface area (Å²) < 4.78 is 10.8. The van der Waals surface area contributed by atoms with Gasteiger partial charge in [-0.15, -0.1) is 0 Å². The summed E-state index contributed by atoms with van der Waals surface area (Å²) in [5.74, 6) is 0.0916. The van der Waals surface area contributed by atoms with Crippen molar-refractivity contribution in [2.75, 3.05) is 7.11 Å². The zero-order valence-corrected chi connectivity index (χ0v) is 14.3. The molecule has 1 amide bonds. The molecule has 0 unspecified atom stereocenters. The van der Waals surface area contributed by atoms with Gasteiger partial charge in [0.15, 0.2) is 5.88 Å². The number of rotatable bonds is 5. The number of hydrogen-bond donors (Lipinski definition) is 3. The molecule has 0 aliphatic heterocycles. The number of pyridine rings is 1. The molecule has 1 aliphatic carbocycles. The lowest BCUT2D eigenvalue weighted by molar-refractivity contribution is 0.0888. The molecule has 9 nitrogen and oxygen atoms in total. The van der Waals surface area contributed by atoms with Gasteiger partial charge in [-0.2, -0.15) is 4.98 Å². The highest BCUT2D eigenvalue weighted by molar-refractivity contribution is 5.94.